The fourth-order valence-electron chi connectivity index (χ4n) is 3.15. The molecule has 0 saturated heterocycles. The fraction of sp³-hybridized carbons (Fsp3) is 0.783. The molecule has 0 amide bonds. The van der Waals surface area contributed by atoms with E-state index in [1.165, 1.54) is 83.5 Å². The third-order valence-electron chi connectivity index (χ3n) is 4.82. The van der Waals surface area contributed by atoms with E-state index in [1.807, 2.05) is 18.2 Å². The molecule has 0 aromatic carbocycles. The van der Waals surface area contributed by atoms with Crippen LogP contribution in [0.5, 0.6) is 0 Å². The van der Waals surface area contributed by atoms with Gasteiger partial charge in [0.15, 0.2) is 0 Å². The Labute approximate surface area is 174 Å². The molecule has 1 aromatic rings. The van der Waals surface area contributed by atoms with E-state index >= 15 is 0 Å². The number of unbranched alkanes of at least 4 members (excludes halogenated alkanes) is 15. The van der Waals surface area contributed by atoms with Crippen molar-refractivity contribution in [3.8, 4) is 0 Å². The van der Waals surface area contributed by atoms with E-state index in [1.54, 1.807) is 12.4 Å². The summed E-state index contributed by atoms with van der Waals surface area (Å²) >= 11 is 0. The summed E-state index contributed by atoms with van der Waals surface area (Å²) in [6.45, 7) is 2.26. The van der Waals surface area contributed by atoms with Crippen LogP contribution in [0.4, 0.5) is 0 Å². The molecule has 5 heteroatoms. The van der Waals surface area contributed by atoms with Crippen LogP contribution < -0.4 is 0 Å². The molecule has 0 saturated carbocycles. The molecule has 0 aliphatic rings. The summed E-state index contributed by atoms with van der Waals surface area (Å²) in [6.07, 6.45) is 23.8. The summed E-state index contributed by atoms with van der Waals surface area (Å²) in [7, 11) is -3.74. The molecule has 0 atom stereocenters. The molecule has 0 fully saturated rings. The van der Waals surface area contributed by atoms with Gasteiger partial charge in [-0.15, -0.1) is 0 Å². The summed E-state index contributed by atoms with van der Waals surface area (Å²) in [5.74, 6) is -0.0779. The normalized spacial score (nSPS) is 11.1. The first-order valence-electron chi connectivity index (χ1n) is 11.4. The number of rotatable bonds is 17. The van der Waals surface area contributed by atoms with Crippen LogP contribution in [0.2, 0.25) is 0 Å². The first-order chi connectivity index (χ1) is 13.6. The first-order valence-corrected chi connectivity index (χ1v) is 13.0. The molecule has 1 rings (SSSR count). The lowest BCUT2D eigenvalue weighted by atomic mass is 10.0. The highest BCUT2D eigenvalue weighted by Crippen LogP contribution is 2.13. The van der Waals surface area contributed by atoms with Crippen molar-refractivity contribution in [2.24, 2.45) is 0 Å². The molecule has 1 aromatic heterocycles. The molecule has 0 radical (unpaired) electrons. The van der Waals surface area contributed by atoms with Crippen molar-refractivity contribution in [1.82, 2.24) is 4.98 Å². The maximum absolute atomic E-state index is 10.5. The van der Waals surface area contributed by atoms with Crippen LogP contribution in [0, 0.1) is 0 Å². The molecular formula is C23H43NO3S. The summed E-state index contributed by atoms with van der Waals surface area (Å²) in [6, 6.07) is 5.72. The predicted octanol–water partition coefficient (Wildman–Crippen LogP) is 7.22. The second-order valence-electron chi connectivity index (χ2n) is 7.61. The molecule has 0 bridgehead atoms. The third-order valence-corrected chi connectivity index (χ3v) is 5.63. The summed E-state index contributed by atoms with van der Waals surface area (Å²) < 4.78 is 29.7. The van der Waals surface area contributed by atoms with E-state index in [0.717, 1.165) is 12.8 Å². The highest BCUT2D eigenvalue weighted by atomic mass is 32.2. The van der Waals surface area contributed by atoms with Crippen LogP contribution in [0.25, 0.3) is 0 Å². The topological polar surface area (TPSA) is 67.3 Å². The number of pyridine rings is 1. The Bertz CT molecular complexity index is 479. The lowest BCUT2D eigenvalue weighted by Gasteiger charge is -2.03. The van der Waals surface area contributed by atoms with Crippen LogP contribution >= 0.6 is 0 Å². The van der Waals surface area contributed by atoms with Gasteiger partial charge in [0.25, 0.3) is 10.1 Å². The van der Waals surface area contributed by atoms with E-state index in [-0.39, 0.29) is 5.75 Å². The molecule has 28 heavy (non-hydrogen) atoms. The molecule has 4 nitrogen and oxygen atoms in total. The monoisotopic (exact) mass is 413 g/mol. The minimum absolute atomic E-state index is 0.0779. The number of aromatic nitrogens is 1. The Morgan fingerprint density at radius 3 is 1.21 bits per heavy atom. The van der Waals surface area contributed by atoms with Gasteiger partial charge < -0.3 is 0 Å². The van der Waals surface area contributed by atoms with Gasteiger partial charge in [-0.1, -0.05) is 109 Å². The van der Waals surface area contributed by atoms with E-state index in [2.05, 4.69) is 11.9 Å². The van der Waals surface area contributed by atoms with Crippen LogP contribution in [-0.4, -0.2) is 23.7 Å². The smallest absolute Gasteiger partial charge is 0.264 e. The van der Waals surface area contributed by atoms with Crippen molar-refractivity contribution in [3.63, 3.8) is 0 Å². The second-order valence-corrected chi connectivity index (χ2v) is 9.19. The number of nitrogens with zero attached hydrogens (tertiary/aromatic N) is 1. The van der Waals surface area contributed by atoms with Crippen molar-refractivity contribution in [1.29, 1.82) is 0 Å². The lowest BCUT2D eigenvalue weighted by Crippen LogP contribution is -2.03. The van der Waals surface area contributed by atoms with Crippen molar-refractivity contribution in [2.75, 3.05) is 5.75 Å². The SMILES string of the molecule is CCCCCCCCCCCCCCCCCCS(=O)(=O)O.c1ccncc1. The van der Waals surface area contributed by atoms with Gasteiger partial charge in [-0.05, 0) is 18.6 Å². The van der Waals surface area contributed by atoms with Gasteiger partial charge in [-0.2, -0.15) is 8.42 Å². The van der Waals surface area contributed by atoms with E-state index in [9.17, 15) is 8.42 Å². The quantitative estimate of drug-likeness (QED) is 0.216. The summed E-state index contributed by atoms with van der Waals surface area (Å²) in [4.78, 5) is 3.78. The Balaban J connectivity index is 0.00000102. The molecule has 164 valence electrons. The zero-order valence-electron chi connectivity index (χ0n) is 18.0. The highest BCUT2D eigenvalue weighted by molar-refractivity contribution is 7.85. The van der Waals surface area contributed by atoms with Crippen molar-refractivity contribution in [2.45, 2.75) is 110 Å². The Morgan fingerprint density at radius 2 is 0.964 bits per heavy atom. The molecule has 0 unspecified atom stereocenters. The van der Waals surface area contributed by atoms with Crippen molar-refractivity contribution in [3.05, 3.63) is 30.6 Å². The second kappa shape index (κ2) is 20.8. The third kappa shape index (κ3) is 25.1. The van der Waals surface area contributed by atoms with Gasteiger partial charge in [0.2, 0.25) is 0 Å². The predicted molar refractivity (Wildman–Crippen MR) is 120 cm³/mol. The van der Waals surface area contributed by atoms with Crippen molar-refractivity contribution < 1.29 is 13.0 Å². The van der Waals surface area contributed by atoms with Gasteiger partial charge in [-0.25, -0.2) is 0 Å². The number of hydrogen-bond acceptors (Lipinski definition) is 3. The molecule has 0 aliphatic carbocycles. The van der Waals surface area contributed by atoms with Gasteiger partial charge in [0.1, 0.15) is 0 Å². The minimum Gasteiger partial charge on any atom is -0.286 e. The van der Waals surface area contributed by atoms with Crippen LogP contribution in [-0.2, 0) is 10.1 Å². The van der Waals surface area contributed by atoms with Crippen LogP contribution in [0.15, 0.2) is 30.6 Å². The van der Waals surface area contributed by atoms with Gasteiger partial charge in [-0.3, -0.25) is 9.54 Å². The minimum atomic E-state index is -3.74. The fourth-order valence-corrected chi connectivity index (χ4v) is 3.71. The number of hydrogen-bond donors (Lipinski definition) is 1. The highest BCUT2D eigenvalue weighted by Gasteiger charge is 2.02. The summed E-state index contributed by atoms with van der Waals surface area (Å²) in [5, 5.41) is 0. The zero-order chi connectivity index (χ0) is 20.8. The maximum atomic E-state index is 10.5. The molecular weight excluding hydrogens is 370 g/mol. The summed E-state index contributed by atoms with van der Waals surface area (Å²) in [5.41, 5.74) is 0. The maximum Gasteiger partial charge on any atom is 0.264 e. The Morgan fingerprint density at radius 1 is 0.607 bits per heavy atom. The largest absolute Gasteiger partial charge is 0.286 e. The zero-order valence-corrected chi connectivity index (χ0v) is 18.8. The van der Waals surface area contributed by atoms with Gasteiger partial charge >= 0.3 is 0 Å². The van der Waals surface area contributed by atoms with Crippen LogP contribution in [0.3, 0.4) is 0 Å². The Hall–Kier alpha value is -0.940. The van der Waals surface area contributed by atoms with Crippen molar-refractivity contribution >= 4 is 10.1 Å². The lowest BCUT2D eigenvalue weighted by molar-refractivity contribution is 0.478. The average Bonchev–Trinajstić information content (AvgIpc) is 2.69. The average molecular weight is 414 g/mol. The molecule has 1 heterocycles. The Kier molecular flexibility index (Phi) is 20.1. The molecule has 0 aliphatic heterocycles. The first kappa shape index (κ1) is 27.1. The molecule has 0 spiro atoms. The van der Waals surface area contributed by atoms with Gasteiger partial charge in [0, 0.05) is 12.4 Å². The molecule has 1 N–H and O–H groups in total. The van der Waals surface area contributed by atoms with Gasteiger partial charge in [0.05, 0.1) is 5.75 Å². The standard InChI is InChI=1S/C18H38O3S.C5H5N/c1-2-3-4-5-6-7-8-9-10-11-12-13-14-15-16-17-18-22(19,20)21;1-2-4-6-5-3-1/h2-18H2,1H3,(H,19,20,21);1-5H. The van der Waals surface area contributed by atoms with E-state index in [0.29, 0.717) is 6.42 Å². The van der Waals surface area contributed by atoms with E-state index < -0.39 is 10.1 Å². The van der Waals surface area contributed by atoms with Crippen LogP contribution in [0.1, 0.15) is 110 Å². The van der Waals surface area contributed by atoms with E-state index in [4.69, 9.17) is 4.55 Å².